The molecule has 0 aromatic heterocycles. The fraction of sp³-hybridized carbons (Fsp3) is 0.600. The van der Waals surface area contributed by atoms with Gasteiger partial charge in [0, 0.05) is 35.8 Å². The minimum absolute atomic E-state index is 0.149. The lowest BCUT2D eigenvalue weighted by Gasteiger charge is -2.37. The molecule has 4 heteroatoms. The summed E-state index contributed by atoms with van der Waals surface area (Å²) in [6.45, 7) is 10.3. The van der Waals surface area contributed by atoms with E-state index in [0.29, 0.717) is 10.5 Å². The van der Waals surface area contributed by atoms with Crippen molar-refractivity contribution in [1.29, 1.82) is 0 Å². The molecule has 2 nitrogen and oxygen atoms in total. The van der Waals surface area contributed by atoms with Gasteiger partial charge in [-0.15, -0.1) is 0 Å². The van der Waals surface area contributed by atoms with Gasteiger partial charge in [0.1, 0.15) is 5.82 Å². The second-order valence-electron chi connectivity index (χ2n) is 5.22. The number of hydrogen-bond donors (Lipinski definition) is 1. The van der Waals surface area contributed by atoms with Crippen molar-refractivity contribution in [3.8, 4) is 0 Å². The third-order valence-electron chi connectivity index (χ3n) is 3.37. The summed E-state index contributed by atoms with van der Waals surface area (Å²) in [6, 6.07) is 5.16. The molecule has 0 saturated carbocycles. The zero-order valence-electron chi connectivity index (χ0n) is 11.9. The first-order chi connectivity index (χ1) is 9.10. The zero-order valence-corrected chi connectivity index (χ0v) is 12.8. The third-order valence-corrected chi connectivity index (χ3v) is 4.59. The van der Waals surface area contributed by atoms with Crippen LogP contribution in [-0.4, -0.2) is 30.1 Å². The van der Waals surface area contributed by atoms with Gasteiger partial charge < -0.3 is 10.2 Å². The Morgan fingerprint density at radius 2 is 2.00 bits per heavy atom. The van der Waals surface area contributed by atoms with Crippen LogP contribution in [0.1, 0.15) is 26.3 Å². The van der Waals surface area contributed by atoms with Crippen LogP contribution in [0.15, 0.2) is 18.2 Å². The van der Waals surface area contributed by atoms with Crippen molar-refractivity contribution in [2.24, 2.45) is 0 Å². The van der Waals surface area contributed by atoms with Crippen LogP contribution in [0.5, 0.6) is 0 Å². The van der Waals surface area contributed by atoms with Gasteiger partial charge in [0.2, 0.25) is 0 Å². The van der Waals surface area contributed by atoms with Crippen LogP contribution in [0.4, 0.5) is 10.1 Å². The van der Waals surface area contributed by atoms with E-state index >= 15 is 0 Å². The van der Waals surface area contributed by atoms with Crippen LogP contribution in [0.3, 0.4) is 0 Å². The number of thioether (sulfide) groups is 1. The zero-order chi connectivity index (χ0) is 13.8. The predicted molar refractivity (Wildman–Crippen MR) is 82.5 cm³/mol. The first-order valence-electron chi connectivity index (χ1n) is 6.99. The summed E-state index contributed by atoms with van der Waals surface area (Å²) in [5.74, 6) is -0.149. The highest BCUT2D eigenvalue weighted by Crippen LogP contribution is 2.30. The summed E-state index contributed by atoms with van der Waals surface area (Å²) >= 11 is 2.04. The quantitative estimate of drug-likeness (QED) is 0.912. The second-order valence-corrected chi connectivity index (χ2v) is 7.10. The molecule has 0 amide bonds. The molecule has 2 rings (SSSR count). The van der Waals surface area contributed by atoms with Crippen LogP contribution < -0.4 is 10.2 Å². The summed E-state index contributed by atoms with van der Waals surface area (Å²) in [5, 5.41) is 4.55. The van der Waals surface area contributed by atoms with Crippen molar-refractivity contribution in [3.05, 3.63) is 29.6 Å². The van der Waals surface area contributed by atoms with Crippen LogP contribution in [-0.2, 0) is 6.54 Å². The number of hydrogen-bond acceptors (Lipinski definition) is 3. The molecule has 0 spiro atoms. The van der Waals surface area contributed by atoms with Crippen LogP contribution >= 0.6 is 11.8 Å². The maximum absolute atomic E-state index is 13.4. The number of rotatable bonds is 4. The SMILES string of the molecule is CCNCc1cc(F)ccc1N1CC(C)SC(C)C1. The molecule has 1 N–H and O–H groups in total. The van der Waals surface area contributed by atoms with E-state index in [0.717, 1.165) is 31.7 Å². The van der Waals surface area contributed by atoms with Gasteiger partial charge in [-0.3, -0.25) is 0 Å². The standard InChI is InChI=1S/C15H23FN2S/c1-4-17-8-13-7-14(16)5-6-15(13)18-9-11(2)19-12(3)10-18/h5-7,11-12,17H,4,8-10H2,1-3H3. The minimum Gasteiger partial charge on any atom is -0.369 e. The first-order valence-corrected chi connectivity index (χ1v) is 7.94. The summed E-state index contributed by atoms with van der Waals surface area (Å²) < 4.78 is 13.4. The summed E-state index contributed by atoms with van der Waals surface area (Å²) in [6.07, 6.45) is 0. The molecule has 2 unspecified atom stereocenters. The fourth-order valence-corrected chi connectivity index (χ4v) is 3.96. The third kappa shape index (κ3) is 3.86. The first kappa shape index (κ1) is 14.7. The summed E-state index contributed by atoms with van der Waals surface area (Å²) in [4.78, 5) is 2.40. The average molecular weight is 282 g/mol. The van der Waals surface area contributed by atoms with E-state index in [1.165, 1.54) is 5.69 Å². The number of nitrogens with zero attached hydrogens (tertiary/aromatic N) is 1. The van der Waals surface area contributed by atoms with Gasteiger partial charge in [-0.25, -0.2) is 4.39 Å². The topological polar surface area (TPSA) is 15.3 Å². The maximum atomic E-state index is 13.4. The smallest absolute Gasteiger partial charge is 0.123 e. The van der Waals surface area contributed by atoms with Crippen molar-refractivity contribution < 1.29 is 4.39 Å². The Morgan fingerprint density at radius 3 is 2.63 bits per heavy atom. The van der Waals surface area contributed by atoms with Crippen molar-refractivity contribution in [2.75, 3.05) is 24.5 Å². The van der Waals surface area contributed by atoms with E-state index < -0.39 is 0 Å². The lowest BCUT2D eigenvalue weighted by Crippen LogP contribution is -2.41. The largest absolute Gasteiger partial charge is 0.369 e. The van der Waals surface area contributed by atoms with E-state index in [1.54, 1.807) is 12.1 Å². The predicted octanol–water partition coefficient (Wildman–Crippen LogP) is 3.27. The van der Waals surface area contributed by atoms with E-state index in [1.807, 2.05) is 17.8 Å². The van der Waals surface area contributed by atoms with Crippen LogP contribution in [0.2, 0.25) is 0 Å². The highest BCUT2D eigenvalue weighted by Gasteiger charge is 2.23. The van der Waals surface area contributed by atoms with Gasteiger partial charge in [0.25, 0.3) is 0 Å². The molecule has 0 radical (unpaired) electrons. The molecule has 19 heavy (non-hydrogen) atoms. The molecule has 0 aliphatic carbocycles. The summed E-state index contributed by atoms with van der Waals surface area (Å²) in [5.41, 5.74) is 2.24. The van der Waals surface area contributed by atoms with Crippen LogP contribution in [0.25, 0.3) is 0 Å². The Kier molecular flexibility index (Phi) is 5.11. The molecule has 0 bridgehead atoms. The number of anilines is 1. The molecule has 2 atom stereocenters. The van der Waals surface area contributed by atoms with Crippen molar-refractivity contribution in [1.82, 2.24) is 5.32 Å². The Balaban J connectivity index is 2.22. The monoisotopic (exact) mass is 282 g/mol. The van der Waals surface area contributed by atoms with E-state index in [9.17, 15) is 4.39 Å². The molecule has 1 aromatic carbocycles. The van der Waals surface area contributed by atoms with E-state index in [4.69, 9.17) is 0 Å². The van der Waals surface area contributed by atoms with Crippen molar-refractivity contribution in [2.45, 2.75) is 37.8 Å². The number of halogens is 1. The number of nitrogens with one attached hydrogen (secondary N) is 1. The molecule has 1 aliphatic rings. The Morgan fingerprint density at radius 1 is 1.32 bits per heavy atom. The Bertz CT molecular complexity index is 415. The lowest BCUT2D eigenvalue weighted by atomic mass is 10.1. The van der Waals surface area contributed by atoms with Gasteiger partial charge in [-0.1, -0.05) is 20.8 Å². The Hall–Kier alpha value is -0.740. The van der Waals surface area contributed by atoms with E-state index in [2.05, 4.69) is 31.0 Å². The van der Waals surface area contributed by atoms with Crippen molar-refractivity contribution >= 4 is 17.4 Å². The fourth-order valence-electron chi connectivity index (χ4n) is 2.64. The molecular weight excluding hydrogens is 259 g/mol. The highest BCUT2D eigenvalue weighted by molar-refractivity contribution is 8.00. The second kappa shape index (κ2) is 6.62. The molecule has 1 aliphatic heterocycles. The average Bonchev–Trinajstić information content (AvgIpc) is 2.35. The lowest BCUT2D eigenvalue weighted by molar-refractivity contribution is 0.620. The molecular formula is C15H23FN2S. The van der Waals surface area contributed by atoms with Gasteiger partial charge in [0.15, 0.2) is 0 Å². The van der Waals surface area contributed by atoms with Crippen LogP contribution in [0, 0.1) is 5.82 Å². The molecule has 106 valence electrons. The van der Waals surface area contributed by atoms with E-state index in [-0.39, 0.29) is 5.82 Å². The van der Waals surface area contributed by atoms with Crippen molar-refractivity contribution in [3.63, 3.8) is 0 Å². The number of benzene rings is 1. The molecule has 1 fully saturated rings. The molecule has 1 heterocycles. The maximum Gasteiger partial charge on any atom is 0.123 e. The minimum atomic E-state index is -0.149. The van der Waals surface area contributed by atoms with Gasteiger partial charge in [-0.2, -0.15) is 11.8 Å². The van der Waals surface area contributed by atoms with Gasteiger partial charge >= 0.3 is 0 Å². The van der Waals surface area contributed by atoms with Gasteiger partial charge in [-0.05, 0) is 30.3 Å². The highest BCUT2D eigenvalue weighted by atomic mass is 32.2. The molecule has 1 saturated heterocycles. The summed E-state index contributed by atoms with van der Waals surface area (Å²) in [7, 11) is 0. The van der Waals surface area contributed by atoms with Gasteiger partial charge in [0.05, 0.1) is 0 Å². The normalized spacial score (nSPS) is 23.7. The Labute approximate surface area is 119 Å². The molecule has 1 aromatic rings.